The van der Waals surface area contributed by atoms with Crippen molar-refractivity contribution < 1.29 is 5.11 Å². The molecular weight excluding hydrogens is 168 g/mol. The first-order valence-corrected chi connectivity index (χ1v) is 5.46. The van der Waals surface area contributed by atoms with Crippen molar-refractivity contribution >= 4 is 11.3 Å². The largest absolute Gasteiger partial charge is 0.393 e. The molecule has 1 nitrogen and oxygen atoms in total. The van der Waals surface area contributed by atoms with Gasteiger partial charge in [-0.2, -0.15) is 11.3 Å². The Morgan fingerprint density at radius 2 is 2.42 bits per heavy atom. The van der Waals surface area contributed by atoms with Gasteiger partial charge in [0.15, 0.2) is 0 Å². The van der Waals surface area contributed by atoms with Gasteiger partial charge in [-0.15, -0.1) is 0 Å². The molecule has 2 heteroatoms. The second-order valence-corrected chi connectivity index (χ2v) is 3.87. The van der Waals surface area contributed by atoms with Crippen LogP contribution >= 0.6 is 11.3 Å². The minimum Gasteiger partial charge on any atom is -0.393 e. The van der Waals surface area contributed by atoms with Crippen LogP contribution in [-0.4, -0.2) is 11.2 Å². The van der Waals surface area contributed by atoms with E-state index in [9.17, 15) is 5.11 Å². The molecule has 0 aromatic carbocycles. The van der Waals surface area contributed by atoms with Crippen molar-refractivity contribution in [2.75, 3.05) is 0 Å². The highest BCUT2D eigenvalue weighted by molar-refractivity contribution is 7.07. The second kappa shape index (κ2) is 5.33. The van der Waals surface area contributed by atoms with E-state index in [-0.39, 0.29) is 6.10 Å². The van der Waals surface area contributed by atoms with E-state index in [1.165, 1.54) is 5.56 Å². The number of aryl methyl sites for hydroxylation is 1. The van der Waals surface area contributed by atoms with Crippen molar-refractivity contribution in [2.45, 2.75) is 38.7 Å². The fourth-order valence-corrected chi connectivity index (χ4v) is 1.88. The molecule has 1 N–H and O–H groups in total. The van der Waals surface area contributed by atoms with Crippen molar-refractivity contribution in [3.63, 3.8) is 0 Å². The molecule has 1 aromatic rings. The van der Waals surface area contributed by atoms with Crippen LogP contribution in [0.2, 0.25) is 0 Å². The van der Waals surface area contributed by atoms with Gasteiger partial charge in [0.2, 0.25) is 0 Å². The molecule has 0 fully saturated rings. The van der Waals surface area contributed by atoms with Crippen molar-refractivity contribution in [1.29, 1.82) is 0 Å². The number of thiophene rings is 1. The van der Waals surface area contributed by atoms with Gasteiger partial charge in [0.25, 0.3) is 0 Å². The van der Waals surface area contributed by atoms with E-state index in [4.69, 9.17) is 0 Å². The molecule has 1 rings (SSSR count). The highest BCUT2D eigenvalue weighted by atomic mass is 32.1. The van der Waals surface area contributed by atoms with Gasteiger partial charge in [-0.3, -0.25) is 0 Å². The van der Waals surface area contributed by atoms with Gasteiger partial charge in [0.1, 0.15) is 0 Å². The van der Waals surface area contributed by atoms with Crippen LogP contribution < -0.4 is 0 Å². The van der Waals surface area contributed by atoms with E-state index >= 15 is 0 Å². The summed E-state index contributed by atoms with van der Waals surface area (Å²) in [6.07, 6.45) is 3.94. The van der Waals surface area contributed by atoms with E-state index < -0.39 is 0 Å². The number of rotatable bonds is 5. The van der Waals surface area contributed by atoms with Gasteiger partial charge in [-0.1, -0.05) is 6.92 Å². The summed E-state index contributed by atoms with van der Waals surface area (Å²) in [5, 5.41) is 13.6. The maximum absolute atomic E-state index is 9.29. The number of aliphatic hydroxyl groups excluding tert-OH is 1. The zero-order valence-electron chi connectivity index (χ0n) is 7.49. The summed E-state index contributed by atoms with van der Waals surface area (Å²) in [6.45, 7) is 2.02. The highest BCUT2D eigenvalue weighted by Crippen LogP contribution is 2.11. The average Bonchev–Trinajstić information content (AvgIpc) is 2.57. The molecule has 1 heterocycles. The summed E-state index contributed by atoms with van der Waals surface area (Å²) in [6, 6.07) is 2.16. The lowest BCUT2D eigenvalue weighted by Gasteiger charge is -2.05. The molecule has 0 saturated carbocycles. The summed E-state index contributed by atoms with van der Waals surface area (Å²) in [5.41, 5.74) is 1.41. The molecule has 12 heavy (non-hydrogen) atoms. The van der Waals surface area contributed by atoms with Gasteiger partial charge in [-0.25, -0.2) is 0 Å². The molecule has 0 aliphatic heterocycles. The maximum atomic E-state index is 9.29. The molecule has 1 atom stereocenters. The van der Waals surface area contributed by atoms with Gasteiger partial charge in [0.05, 0.1) is 6.10 Å². The average molecular weight is 184 g/mol. The lowest BCUT2D eigenvalue weighted by atomic mass is 10.1. The number of hydrogen-bond donors (Lipinski definition) is 1. The monoisotopic (exact) mass is 184 g/mol. The van der Waals surface area contributed by atoms with E-state index in [1.54, 1.807) is 11.3 Å². The van der Waals surface area contributed by atoms with Gasteiger partial charge in [-0.05, 0) is 48.1 Å². The summed E-state index contributed by atoms with van der Waals surface area (Å²) in [4.78, 5) is 0. The third-order valence-electron chi connectivity index (χ3n) is 2.05. The molecule has 1 aromatic heterocycles. The molecule has 0 saturated heterocycles. The van der Waals surface area contributed by atoms with E-state index in [2.05, 4.69) is 16.8 Å². The molecule has 0 aliphatic rings. The zero-order valence-corrected chi connectivity index (χ0v) is 8.31. The van der Waals surface area contributed by atoms with E-state index in [0.717, 1.165) is 25.7 Å². The predicted octanol–water partition coefficient (Wildman–Crippen LogP) is 2.84. The first-order valence-electron chi connectivity index (χ1n) is 4.52. The van der Waals surface area contributed by atoms with Crippen LogP contribution in [0.15, 0.2) is 16.8 Å². The Morgan fingerprint density at radius 1 is 1.58 bits per heavy atom. The molecule has 0 amide bonds. The standard InChI is InChI=1S/C10H16OS/c1-2-10(11)5-3-4-9-6-7-12-8-9/h6-8,10-11H,2-5H2,1H3. The normalized spacial score (nSPS) is 13.2. The Labute approximate surface area is 78.1 Å². The lowest BCUT2D eigenvalue weighted by Crippen LogP contribution is -2.03. The van der Waals surface area contributed by atoms with Crippen LogP contribution in [0, 0.1) is 0 Å². The second-order valence-electron chi connectivity index (χ2n) is 3.09. The molecule has 0 aliphatic carbocycles. The SMILES string of the molecule is CCC(O)CCCc1ccsc1. The first kappa shape index (κ1) is 9.75. The van der Waals surface area contributed by atoms with Crippen LogP contribution in [0.3, 0.4) is 0 Å². The van der Waals surface area contributed by atoms with Crippen LogP contribution in [0.1, 0.15) is 31.7 Å². The third kappa shape index (κ3) is 3.37. The molecule has 0 bridgehead atoms. The third-order valence-corrected chi connectivity index (χ3v) is 2.79. The van der Waals surface area contributed by atoms with Gasteiger partial charge >= 0.3 is 0 Å². The fourth-order valence-electron chi connectivity index (χ4n) is 1.18. The Morgan fingerprint density at radius 3 is 3.00 bits per heavy atom. The van der Waals surface area contributed by atoms with Gasteiger partial charge in [0, 0.05) is 0 Å². The lowest BCUT2D eigenvalue weighted by molar-refractivity contribution is 0.158. The summed E-state index contributed by atoms with van der Waals surface area (Å²) in [7, 11) is 0. The highest BCUT2D eigenvalue weighted by Gasteiger charge is 2.00. The summed E-state index contributed by atoms with van der Waals surface area (Å²) >= 11 is 1.74. The Kier molecular flexibility index (Phi) is 4.33. The zero-order chi connectivity index (χ0) is 8.81. The van der Waals surface area contributed by atoms with E-state index in [1.807, 2.05) is 6.92 Å². The van der Waals surface area contributed by atoms with Crippen LogP contribution in [0.25, 0.3) is 0 Å². The quantitative estimate of drug-likeness (QED) is 0.746. The fraction of sp³-hybridized carbons (Fsp3) is 0.600. The Bertz CT molecular complexity index is 194. The summed E-state index contributed by atoms with van der Waals surface area (Å²) in [5.74, 6) is 0. The number of aliphatic hydroxyl groups is 1. The maximum Gasteiger partial charge on any atom is 0.0537 e. The first-order chi connectivity index (χ1) is 5.83. The van der Waals surface area contributed by atoms with Crippen LogP contribution in [0.4, 0.5) is 0 Å². The molecule has 0 spiro atoms. The molecule has 68 valence electrons. The van der Waals surface area contributed by atoms with Crippen LogP contribution in [0.5, 0.6) is 0 Å². The Hall–Kier alpha value is -0.340. The molecule has 1 unspecified atom stereocenters. The van der Waals surface area contributed by atoms with Crippen molar-refractivity contribution in [1.82, 2.24) is 0 Å². The molecular formula is C10H16OS. The van der Waals surface area contributed by atoms with Crippen molar-refractivity contribution in [2.24, 2.45) is 0 Å². The van der Waals surface area contributed by atoms with Crippen molar-refractivity contribution in [3.05, 3.63) is 22.4 Å². The van der Waals surface area contributed by atoms with Gasteiger partial charge < -0.3 is 5.11 Å². The smallest absolute Gasteiger partial charge is 0.0537 e. The van der Waals surface area contributed by atoms with E-state index in [0.29, 0.717) is 0 Å². The predicted molar refractivity (Wildman–Crippen MR) is 53.6 cm³/mol. The minimum atomic E-state index is -0.0939. The topological polar surface area (TPSA) is 20.2 Å². The minimum absolute atomic E-state index is 0.0939. The Balaban J connectivity index is 2.11. The van der Waals surface area contributed by atoms with Crippen LogP contribution in [-0.2, 0) is 6.42 Å². The molecule has 0 radical (unpaired) electrons. The number of hydrogen-bond acceptors (Lipinski definition) is 2. The summed E-state index contributed by atoms with van der Waals surface area (Å²) < 4.78 is 0. The van der Waals surface area contributed by atoms with Crippen molar-refractivity contribution in [3.8, 4) is 0 Å².